The Hall–Kier alpha value is -2.27. The Morgan fingerprint density at radius 3 is 2.65 bits per heavy atom. The van der Waals surface area contributed by atoms with Crippen LogP contribution >= 0.6 is 11.3 Å². The highest BCUT2D eigenvalue weighted by molar-refractivity contribution is 7.18. The third kappa shape index (κ3) is 2.97. The summed E-state index contributed by atoms with van der Waals surface area (Å²) in [6.45, 7) is 8.07. The van der Waals surface area contributed by atoms with Crippen molar-refractivity contribution in [3.8, 4) is 5.88 Å². The summed E-state index contributed by atoms with van der Waals surface area (Å²) >= 11 is 1.61. The summed E-state index contributed by atoms with van der Waals surface area (Å²) in [5.74, 6) is 0.429. The molecule has 2 heterocycles. The first-order valence-electron chi connectivity index (χ1n) is 7.41. The van der Waals surface area contributed by atoms with Gasteiger partial charge in [-0.3, -0.25) is 4.79 Å². The van der Waals surface area contributed by atoms with Crippen molar-refractivity contribution in [3.63, 3.8) is 0 Å². The zero-order chi connectivity index (χ0) is 16.6. The van der Waals surface area contributed by atoms with Gasteiger partial charge in [-0.05, 0) is 50.5 Å². The van der Waals surface area contributed by atoms with E-state index in [9.17, 15) is 4.79 Å². The number of carbonyl (C=O) groups is 1. The SMILES string of the molecule is Cc1ccc(C(=O)COc2ncnc3sc(C)c(C)c23)cc1C. The lowest BCUT2D eigenvalue weighted by atomic mass is 10.0. The largest absolute Gasteiger partial charge is 0.469 e. The molecule has 0 spiro atoms. The van der Waals surface area contributed by atoms with Crippen LogP contribution in [0.4, 0.5) is 0 Å². The Bertz CT molecular complexity index is 899. The van der Waals surface area contributed by atoms with E-state index in [4.69, 9.17) is 4.74 Å². The van der Waals surface area contributed by atoms with E-state index in [-0.39, 0.29) is 12.4 Å². The highest BCUT2D eigenvalue weighted by atomic mass is 32.1. The molecular weight excluding hydrogens is 308 g/mol. The van der Waals surface area contributed by atoms with Crippen molar-refractivity contribution in [2.45, 2.75) is 27.7 Å². The highest BCUT2D eigenvalue weighted by Crippen LogP contribution is 2.33. The first kappa shape index (κ1) is 15.6. The van der Waals surface area contributed by atoms with E-state index in [0.717, 1.165) is 21.3 Å². The number of hydrogen-bond donors (Lipinski definition) is 0. The van der Waals surface area contributed by atoms with Crippen LogP contribution in [0.5, 0.6) is 5.88 Å². The molecule has 1 aromatic carbocycles. The maximum Gasteiger partial charge on any atom is 0.226 e. The molecule has 0 saturated heterocycles. The number of aryl methyl sites for hydroxylation is 4. The maximum absolute atomic E-state index is 12.3. The van der Waals surface area contributed by atoms with Gasteiger partial charge in [-0.25, -0.2) is 9.97 Å². The Morgan fingerprint density at radius 2 is 1.91 bits per heavy atom. The second-order valence-corrected chi connectivity index (χ2v) is 6.86. The molecule has 0 N–H and O–H groups in total. The first-order valence-corrected chi connectivity index (χ1v) is 8.23. The normalized spacial score (nSPS) is 11.0. The summed E-state index contributed by atoms with van der Waals surface area (Å²) < 4.78 is 5.71. The van der Waals surface area contributed by atoms with Gasteiger partial charge in [0.25, 0.3) is 0 Å². The number of ketones is 1. The van der Waals surface area contributed by atoms with Crippen molar-refractivity contribution in [2.75, 3.05) is 6.61 Å². The minimum absolute atomic E-state index is 0.0249. The van der Waals surface area contributed by atoms with Gasteiger partial charge in [-0.2, -0.15) is 0 Å². The number of ether oxygens (including phenoxy) is 1. The summed E-state index contributed by atoms with van der Waals surface area (Å²) in [7, 11) is 0. The van der Waals surface area contributed by atoms with E-state index in [1.165, 1.54) is 16.8 Å². The van der Waals surface area contributed by atoms with Gasteiger partial charge in [0.2, 0.25) is 5.88 Å². The Balaban J connectivity index is 1.83. The lowest BCUT2D eigenvalue weighted by Gasteiger charge is -2.07. The van der Waals surface area contributed by atoms with Gasteiger partial charge in [-0.15, -0.1) is 11.3 Å². The lowest BCUT2D eigenvalue weighted by molar-refractivity contribution is 0.0919. The fourth-order valence-electron chi connectivity index (χ4n) is 2.39. The van der Waals surface area contributed by atoms with E-state index >= 15 is 0 Å². The number of benzene rings is 1. The summed E-state index contributed by atoms with van der Waals surface area (Å²) in [5, 5.41) is 0.905. The topological polar surface area (TPSA) is 52.1 Å². The summed E-state index contributed by atoms with van der Waals surface area (Å²) in [6.07, 6.45) is 1.48. The molecule has 0 atom stereocenters. The Labute approximate surface area is 139 Å². The molecule has 0 bridgehead atoms. The van der Waals surface area contributed by atoms with Crippen LogP contribution in [0.25, 0.3) is 10.2 Å². The van der Waals surface area contributed by atoms with Gasteiger partial charge >= 0.3 is 0 Å². The molecule has 3 aromatic rings. The number of aromatic nitrogens is 2. The molecule has 118 valence electrons. The molecule has 0 radical (unpaired) electrons. The van der Waals surface area contributed by atoms with Gasteiger partial charge in [0.15, 0.2) is 12.4 Å². The summed E-state index contributed by atoms with van der Waals surface area (Å²) in [6, 6.07) is 5.69. The van der Waals surface area contributed by atoms with Crippen LogP contribution in [0.2, 0.25) is 0 Å². The molecule has 5 heteroatoms. The minimum Gasteiger partial charge on any atom is -0.469 e. The smallest absolute Gasteiger partial charge is 0.226 e. The van der Waals surface area contributed by atoms with Crippen LogP contribution in [0.3, 0.4) is 0 Å². The van der Waals surface area contributed by atoms with Crippen LogP contribution in [-0.4, -0.2) is 22.4 Å². The number of hydrogen-bond acceptors (Lipinski definition) is 5. The third-order valence-corrected chi connectivity index (χ3v) is 5.21. The lowest BCUT2D eigenvalue weighted by Crippen LogP contribution is -2.12. The van der Waals surface area contributed by atoms with E-state index in [1.807, 2.05) is 45.9 Å². The monoisotopic (exact) mass is 326 g/mol. The molecule has 0 saturated carbocycles. The van der Waals surface area contributed by atoms with Crippen LogP contribution in [0.1, 0.15) is 31.9 Å². The third-order valence-electron chi connectivity index (χ3n) is 4.10. The van der Waals surface area contributed by atoms with Crippen molar-refractivity contribution in [1.29, 1.82) is 0 Å². The maximum atomic E-state index is 12.3. The average Bonchev–Trinajstić information content (AvgIpc) is 2.83. The second kappa shape index (κ2) is 6.08. The van der Waals surface area contributed by atoms with Gasteiger partial charge < -0.3 is 4.74 Å². The van der Waals surface area contributed by atoms with Crippen molar-refractivity contribution < 1.29 is 9.53 Å². The van der Waals surface area contributed by atoms with Gasteiger partial charge in [0.1, 0.15) is 11.2 Å². The highest BCUT2D eigenvalue weighted by Gasteiger charge is 2.15. The van der Waals surface area contributed by atoms with Gasteiger partial charge in [-0.1, -0.05) is 12.1 Å². The summed E-state index contributed by atoms with van der Waals surface area (Å²) in [5.41, 5.74) is 4.05. The van der Waals surface area contributed by atoms with Gasteiger partial charge in [0.05, 0.1) is 5.39 Å². The number of carbonyl (C=O) groups excluding carboxylic acids is 1. The van der Waals surface area contributed by atoms with E-state index < -0.39 is 0 Å². The number of rotatable bonds is 4. The molecule has 0 amide bonds. The average molecular weight is 326 g/mol. The molecule has 0 unspecified atom stereocenters. The molecule has 3 rings (SSSR count). The van der Waals surface area contributed by atoms with Crippen LogP contribution in [0.15, 0.2) is 24.5 Å². The van der Waals surface area contributed by atoms with E-state index in [1.54, 1.807) is 11.3 Å². The van der Waals surface area contributed by atoms with Crippen LogP contribution in [-0.2, 0) is 0 Å². The predicted octanol–water partition coefficient (Wildman–Crippen LogP) is 4.19. The quantitative estimate of drug-likeness (QED) is 0.675. The molecule has 0 aliphatic carbocycles. The molecule has 0 aliphatic rings. The number of thiophene rings is 1. The van der Waals surface area contributed by atoms with E-state index in [2.05, 4.69) is 9.97 Å². The molecule has 4 nitrogen and oxygen atoms in total. The number of Topliss-reactive ketones (excluding diaryl/α,β-unsaturated/α-hetero) is 1. The summed E-state index contributed by atoms with van der Waals surface area (Å²) in [4.78, 5) is 22.9. The minimum atomic E-state index is -0.0514. The van der Waals surface area contributed by atoms with Crippen LogP contribution < -0.4 is 4.74 Å². The molecular formula is C18H18N2O2S. The number of nitrogens with zero attached hydrogens (tertiary/aromatic N) is 2. The van der Waals surface area contributed by atoms with Gasteiger partial charge in [0, 0.05) is 10.4 Å². The van der Waals surface area contributed by atoms with Crippen molar-refractivity contribution in [1.82, 2.24) is 9.97 Å². The van der Waals surface area contributed by atoms with E-state index in [0.29, 0.717) is 11.4 Å². The zero-order valence-electron chi connectivity index (χ0n) is 13.6. The Kier molecular flexibility index (Phi) is 4.13. The molecule has 2 aromatic heterocycles. The number of fused-ring (bicyclic) bond motifs is 1. The fraction of sp³-hybridized carbons (Fsp3) is 0.278. The zero-order valence-corrected chi connectivity index (χ0v) is 14.5. The molecule has 0 fully saturated rings. The second-order valence-electron chi connectivity index (χ2n) is 5.65. The van der Waals surface area contributed by atoms with Crippen molar-refractivity contribution in [3.05, 3.63) is 51.7 Å². The van der Waals surface area contributed by atoms with Crippen molar-refractivity contribution in [2.24, 2.45) is 0 Å². The molecule has 0 aliphatic heterocycles. The molecule has 23 heavy (non-hydrogen) atoms. The Morgan fingerprint density at radius 1 is 1.13 bits per heavy atom. The van der Waals surface area contributed by atoms with Crippen LogP contribution in [0, 0.1) is 27.7 Å². The first-order chi connectivity index (χ1) is 11.0. The predicted molar refractivity (Wildman–Crippen MR) is 92.6 cm³/mol. The fourth-order valence-corrected chi connectivity index (χ4v) is 3.38. The van der Waals surface area contributed by atoms with Crippen molar-refractivity contribution >= 4 is 27.3 Å². The standard InChI is InChI=1S/C18H18N2O2S/c1-10-5-6-14(7-11(10)2)15(21)8-22-17-16-12(3)13(4)23-18(16)20-9-19-17/h5-7,9H,8H2,1-4H3.